The van der Waals surface area contributed by atoms with Gasteiger partial charge in [-0.3, -0.25) is 0 Å². The second-order valence-electron chi connectivity index (χ2n) is 2.91. The number of rotatable bonds is 0. The van der Waals surface area contributed by atoms with Crippen molar-refractivity contribution in [3.63, 3.8) is 0 Å². The highest BCUT2D eigenvalue weighted by Gasteiger charge is 2.18. The Labute approximate surface area is 50.7 Å². The van der Waals surface area contributed by atoms with Crippen molar-refractivity contribution >= 4 is 0 Å². The lowest BCUT2D eigenvalue weighted by molar-refractivity contribution is -0.830. The molecule has 1 aliphatic heterocycles. The summed E-state index contributed by atoms with van der Waals surface area (Å²) in [6.45, 7) is 7.16. The number of piperazine rings is 1. The van der Waals surface area contributed by atoms with Crippen LogP contribution in [-0.2, 0) is 0 Å². The number of hydrogen-bond acceptors (Lipinski definition) is 0. The van der Waals surface area contributed by atoms with E-state index in [0.29, 0.717) is 0 Å². The maximum Gasteiger partial charge on any atom is 0.133 e. The van der Waals surface area contributed by atoms with E-state index in [0.717, 1.165) is 12.1 Å². The van der Waals surface area contributed by atoms with Crippen LogP contribution in [0.25, 0.3) is 0 Å². The molecule has 1 rings (SSSR count). The topological polar surface area (TPSA) is 33.2 Å². The third-order valence-electron chi connectivity index (χ3n) is 1.73. The van der Waals surface area contributed by atoms with Crippen molar-refractivity contribution < 1.29 is 10.6 Å². The van der Waals surface area contributed by atoms with Gasteiger partial charge in [-0.2, -0.15) is 0 Å². The van der Waals surface area contributed by atoms with Crippen molar-refractivity contribution in [2.45, 2.75) is 25.9 Å². The Bertz CT molecular complexity index is 64.9. The van der Waals surface area contributed by atoms with E-state index >= 15 is 0 Å². The summed E-state index contributed by atoms with van der Waals surface area (Å²) in [5.74, 6) is 0. The largest absolute Gasteiger partial charge is 0.336 e. The fraction of sp³-hybridized carbons (Fsp3) is 1.00. The molecule has 2 nitrogen and oxygen atoms in total. The third kappa shape index (κ3) is 1.46. The van der Waals surface area contributed by atoms with Gasteiger partial charge in [0.1, 0.15) is 25.2 Å². The van der Waals surface area contributed by atoms with Crippen molar-refractivity contribution in [2.24, 2.45) is 0 Å². The molecule has 0 aliphatic carbocycles. The average Bonchev–Trinajstić information content (AvgIpc) is 1.64. The Morgan fingerprint density at radius 1 is 1.12 bits per heavy atom. The Hall–Kier alpha value is -0.0800. The summed E-state index contributed by atoms with van der Waals surface area (Å²) in [7, 11) is 0. The average molecular weight is 116 g/mol. The minimum atomic E-state index is 0.832. The molecule has 0 spiro atoms. The monoisotopic (exact) mass is 116 g/mol. The van der Waals surface area contributed by atoms with Gasteiger partial charge in [0.25, 0.3) is 0 Å². The summed E-state index contributed by atoms with van der Waals surface area (Å²) in [6.07, 6.45) is 0. The van der Waals surface area contributed by atoms with Crippen LogP contribution in [-0.4, -0.2) is 25.2 Å². The Morgan fingerprint density at radius 3 is 1.88 bits per heavy atom. The van der Waals surface area contributed by atoms with Crippen molar-refractivity contribution in [2.75, 3.05) is 13.1 Å². The highest BCUT2D eigenvalue weighted by Crippen LogP contribution is 1.72. The molecule has 48 valence electrons. The predicted molar refractivity (Wildman–Crippen MR) is 32.5 cm³/mol. The minimum absolute atomic E-state index is 0.832. The van der Waals surface area contributed by atoms with Crippen LogP contribution in [0.3, 0.4) is 0 Å². The molecule has 0 aromatic heterocycles. The van der Waals surface area contributed by atoms with Gasteiger partial charge in [0.2, 0.25) is 0 Å². The molecule has 4 N–H and O–H groups in total. The predicted octanol–water partition coefficient (Wildman–Crippen LogP) is -2.10. The summed E-state index contributed by atoms with van der Waals surface area (Å²) >= 11 is 0. The first-order chi connectivity index (χ1) is 3.79. The van der Waals surface area contributed by atoms with E-state index in [-0.39, 0.29) is 0 Å². The summed E-state index contributed by atoms with van der Waals surface area (Å²) in [6, 6.07) is 1.66. The molecular formula is C6H16N2+2. The van der Waals surface area contributed by atoms with E-state index in [1.165, 1.54) is 13.1 Å². The number of nitrogens with two attached hydrogens (primary N) is 2. The van der Waals surface area contributed by atoms with Gasteiger partial charge in [-0.15, -0.1) is 0 Å². The van der Waals surface area contributed by atoms with Crippen molar-refractivity contribution in [1.82, 2.24) is 0 Å². The van der Waals surface area contributed by atoms with Gasteiger partial charge in [-0.25, -0.2) is 0 Å². The lowest BCUT2D eigenvalue weighted by Crippen LogP contribution is -3.10. The zero-order chi connectivity index (χ0) is 5.98. The van der Waals surface area contributed by atoms with Gasteiger partial charge in [0.15, 0.2) is 0 Å². The zero-order valence-corrected chi connectivity index (χ0v) is 5.72. The van der Waals surface area contributed by atoms with Crippen LogP contribution >= 0.6 is 0 Å². The molecule has 0 radical (unpaired) electrons. The molecule has 1 fully saturated rings. The quantitative estimate of drug-likeness (QED) is 0.364. The van der Waals surface area contributed by atoms with E-state index in [9.17, 15) is 0 Å². The molecule has 8 heavy (non-hydrogen) atoms. The molecule has 0 bridgehead atoms. The SMILES string of the molecule is C[C@@H]1C[NH2+]C[C@H](C)[NH2+]1. The second-order valence-corrected chi connectivity index (χ2v) is 2.91. The summed E-state index contributed by atoms with van der Waals surface area (Å²) in [5.41, 5.74) is 0. The molecular weight excluding hydrogens is 100 g/mol. The Kier molecular flexibility index (Phi) is 1.86. The fourth-order valence-corrected chi connectivity index (χ4v) is 1.34. The number of quaternary nitrogens is 2. The first kappa shape index (κ1) is 6.05. The van der Waals surface area contributed by atoms with Crippen LogP contribution in [0, 0.1) is 0 Å². The van der Waals surface area contributed by atoms with E-state index in [2.05, 4.69) is 24.5 Å². The second kappa shape index (κ2) is 2.46. The van der Waals surface area contributed by atoms with Gasteiger partial charge < -0.3 is 10.6 Å². The summed E-state index contributed by atoms with van der Waals surface area (Å²) in [5, 5.41) is 4.84. The van der Waals surface area contributed by atoms with Crippen LogP contribution < -0.4 is 10.6 Å². The molecule has 0 amide bonds. The highest BCUT2D eigenvalue weighted by molar-refractivity contribution is 4.48. The highest BCUT2D eigenvalue weighted by atomic mass is 15.1. The molecule has 0 unspecified atom stereocenters. The Morgan fingerprint density at radius 2 is 1.62 bits per heavy atom. The van der Waals surface area contributed by atoms with Crippen LogP contribution in [0.4, 0.5) is 0 Å². The Balaban J connectivity index is 2.23. The number of hydrogen-bond donors (Lipinski definition) is 2. The van der Waals surface area contributed by atoms with Gasteiger partial charge in [-0.05, 0) is 13.8 Å². The normalized spacial score (nSPS) is 39.8. The zero-order valence-electron chi connectivity index (χ0n) is 5.72. The maximum absolute atomic E-state index is 2.44. The van der Waals surface area contributed by atoms with Crippen LogP contribution in [0.15, 0.2) is 0 Å². The lowest BCUT2D eigenvalue weighted by Gasteiger charge is -2.20. The molecule has 0 saturated carbocycles. The molecule has 2 heteroatoms. The fourth-order valence-electron chi connectivity index (χ4n) is 1.34. The van der Waals surface area contributed by atoms with E-state index < -0.39 is 0 Å². The first-order valence-corrected chi connectivity index (χ1v) is 3.45. The van der Waals surface area contributed by atoms with Gasteiger partial charge in [0.05, 0.1) is 0 Å². The maximum atomic E-state index is 2.44. The smallest absolute Gasteiger partial charge is 0.133 e. The van der Waals surface area contributed by atoms with Crippen LogP contribution in [0.1, 0.15) is 13.8 Å². The van der Waals surface area contributed by atoms with E-state index in [1.807, 2.05) is 0 Å². The molecule has 1 saturated heterocycles. The summed E-state index contributed by atoms with van der Waals surface area (Å²) in [4.78, 5) is 0. The van der Waals surface area contributed by atoms with Gasteiger partial charge >= 0.3 is 0 Å². The first-order valence-electron chi connectivity index (χ1n) is 3.45. The summed E-state index contributed by atoms with van der Waals surface area (Å²) < 4.78 is 0. The van der Waals surface area contributed by atoms with Gasteiger partial charge in [0, 0.05) is 0 Å². The lowest BCUT2D eigenvalue weighted by atomic mass is 10.2. The molecule has 1 heterocycles. The minimum Gasteiger partial charge on any atom is -0.336 e. The van der Waals surface area contributed by atoms with E-state index in [1.54, 1.807) is 0 Å². The van der Waals surface area contributed by atoms with Crippen LogP contribution in [0.2, 0.25) is 0 Å². The third-order valence-corrected chi connectivity index (χ3v) is 1.73. The molecule has 2 atom stereocenters. The van der Waals surface area contributed by atoms with Crippen molar-refractivity contribution in [3.8, 4) is 0 Å². The molecule has 0 aromatic rings. The van der Waals surface area contributed by atoms with Gasteiger partial charge in [-0.1, -0.05) is 0 Å². The van der Waals surface area contributed by atoms with Crippen molar-refractivity contribution in [1.29, 1.82) is 0 Å². The van der Waals surface area contributed by atoms with E-state index in [4.69, 9.17) is 0 Å². The van der Waals surface area contributed by atoms with Crippen molar-refractivity contribution in [3.05, 3.63) is 0 Å². The molecule has 0 aromatic carbocycles. The van der Waals surface area contributed by atoms with Crippen LogP contribution in [0.5, 0.6) is 0 Å². The molecule has 1 aliphatic rings. The standard InChI is InChI=1S/C6H14N2/c1-5-3-7-4-6(2)8-5/h5-8H,3-4H2,1-2H3/p+2/t5-,6+.